The monoisotopic (exact) mass is 374 g/mol. The number of aromatic nitrogens is 4. The van der Waals surface area contributed by atoms with Gasteiger partial charge in [-0.05, 0) is 42.7 Å². The first kappa shape index (κ1) is 17.6. The van der Waals surface area contributed by atoms with Crippen molar-refractivity contribution in [1.82, 2.24) is 19.5 Å². The molecule has 4 rings (SSSR count). The summed E-state index contributed by atoms with van der Waals surface area (Å²) in [6.07, 6.45) is 4.07. The van der Waals surface area contributed by atoms with Gasteiger partial charge in [0.15, 0.2) is 0 Å². The fraction of sp³-hybridized carbons (Fsp3) is 0.150. The van der Waals surface area contributed by atoms with E-state index in [1.807, 2.05) is 35.8 Å². The van der Waals surface area contributed by atoms with Gasteiger partial charge in [-0.15, -0.1) is 0 Å². The molecular weight excluding hydrogens is 356 g/mol. The molecule has 0 aliphatic rings. The number of nitrogens with zero attached hydrogens (tertiary/aromatic N) is 5. The van der Waals surface area contributed by atoms with Crippen LogP contribution in [0.4, 0.5) is 11.6 Å². The molecule has 0 fully saturated rings. The van der Waals surface area contributed by atoms with Gasteiger partial charge in [0, 0.05) is 24.9 Å². The van der Waals surface area contributed by atoms with Gasteiger partial charge in [-0.25, -0.2) is 9.97 Å². The number of hydrogen-bond donors (Lipinski definition) is 1. The molecule has 2 aromatic heterocycles. The first-order chi connectivity index (χ1) is 13.6. The van der Waals surface area contributed by atoms with E-state index < -0.39 is 0 Å². The minimum atomic E-state index is -0.388. The van der Waals surface area contributed by atoms with Crippen molar-refractivity contribution in [2.24, 2.45) is 0 Å². The Morgan fingerprint density at radius 3 is 2.89 bits per heavy atom. The van der Waals surface area contributed by atoms with E-state index in [9.17, 15) is 10.1 Å². The summed E-state index contributed by atoms with van der Waals surface area (Å²) < 4.78 is 1.93. The molecule has 2 heterocycles. The molecule has 0 spiro atoms. The summed E-state index contributed by atoms with van der Waals surface area (Å²) >= 11 is 0. The Morgan fingerprint density at radius 1 is 1.14 bits per heavy atom. The van der Waals surface area contributed by atoms with Crippen LogP contribution < -0.4 is 5.32 Å². The van der Waals surface area contributed by atoms with E-state index >= 15 is 0 Å². The number of non-ortho nitro benzene ring substituents is 1. The van der Waals surface area contributed by atoms with Crippen molar-refractivity contribution < 1.29 is 4.92 Å². The van der Waals surface area contributed by atoms with Crippen LogP contribution in [-0.4, -0.2) is 31.0 Å². The highest BCUT2D eigenvalue weighted by Crippen LogP contribution is 2.19. The molecule has 0 saturated heterocycles. The van der Waals surface area contributed by atoms with Gasteiger partial charge >= 0.3 is 0 Å². The summed E-state index contributed by atoms with van der Waals surface area (Å²) in [5.74, 6) is 1.22. The van der Waals surface area contributed by atoms with E-state index in [0.717, 1.165) is 28.0 Å². The molecule has 8 nitrogen and oxygen atoms in total. The van der Waals surface area contributed by atoms with Gasteiger partial charge in [-0.1, -0.05) is 18.2 Å². The van der Waals surface area contributed by atoms with Crippen LogP contribution in [0.3, 0.4) is 0 Å². The van der Waals surface area contributed by atoms with Crippen LogP contribution >= 0.6 is 0 Å². The summed E-state index contributed by atoms with van der Waals surface area (Å²) in [4.78, 5) is 23.7. The highest BCUT2D eigenvalue weighted by atomic mass is 16.6. The highest BCUT2D eigenvalue weighted by molar-refractivity contribution is 5.77. The number of nitrogens with one attached hydrogen (secondary N) is 1. The normalized spacial score (nSPS) is 10.9. The van der Waals surface area contributed by atoms with Gasteiger partial charge in [-0.3, -0.25) is 14.7 Å². The minimum absolute atomic E-state index is 0.0954. The zero-order valence-corrected chi connectivity index (χ0v) is 15.2. The van der Waals surface area contributed by atoms with Crippen molar-refractivity contribution in [1.29, 1.82) is 0 Å². The lowest BCUT2D eigenvalue weighted by atomic mass is 10.1. The molecule has 0 bridgehead atoms. The number of benzene rings is 2. The predicted molar refractivity (Wildman–Crippen MR) is 107 cm³/mol. The second kappa shape index (κ2) is 7.43. The number of rotatable bonds is 6. The maximum atomic E-state index is 10.9. The SMILES string of the molecule is Cc1ccc2ncn(-c3ccnc(NCCc4cccc([N+](=O)[O-])c4)n3)c2c1. The lowest BCUT2D eigenvalue weighted by molar-refractivity contribution is -0.384. The fourth-order valence-corrected chi connectivity index (χ4v) is 3.01. The summed E-state index contributed by atoms with van der Waals surface area (Å²) in [7, 11) is 0. The summed E-state index contributed by atoms with van der Waals surface area (Å²) in [6, 6.07) is 14.5. The number of hydrogen-bond acceptors (Lipinski definition) is 6. The molecule has 0 saturated carbocycles. The highest BCUT2D eigenvalue weighted by Gasteiger charge is 2.08. The third-order valence-corrected chi connectivity index (χ3v) is 4.41. The molecule has 0 radical (unpaired) electrons. The number of nitro benzene ring substituents is 1. The average Bonchev–Trinajstić information content (AvgIpc) is 3.11. The minimum Gasteiger partial charge on any atom is -0.354 e. The third kappa shape index (κ3) is 3.66. The molecule has 0 aliphatic carbocycles. The van der Waals surface area contributed by atoms with Crippen LogP contribution in [0.15, 0.2) is 61.1 Å². The quantitative estimate of drug-likeness (QED) is 0.408. The second-order valence-corrected chi connectivity index (χ2v) is 6.45. The van der Waals surface area contributed by atoms with E-state index in [1.165, 1.54) is 6.07 Å². The molecule has 1 N–H and O–H groups in total. The van der Waals surface area contributed by atoms with Gasteiger partial charge in [0.05, 0.1) is 16.0 Å². The number of imidazole rings is 1. The van der Waals surface area contributed by atoms with Crippen LogP contribution in [0.1, 0.15) is 11.1 Å². The van der Waals surface area contributed by atoms with Crippen LogP contribution in [0.25, 0.3) is 16.9 Å². The van der Waals surface area contributed by atoms with Gasteiger partial charge in [0.1, 0.15) is 12.1 Å². The first-order valence-electron chi connectivity index (χ1n) is 8.84. The number of anilines is 1. The van der Waals surface area contributed by atoms with E-state index in [4.69, 9.17) is 0 Å². The van der Waals surface area contributed by atoms with Crippen molar-refractivity contribution in [3.05, 3.63) is 82.3 Å². The van der Waals surface area contributed by atoms with Crippen molar-refractivity contribution >= 4 is 22.7 Å². The summed E-state index contributed by atoms with van der Waals surface area (Å²) in [5.41, 5.74) is 4.02. The topological polar surface area (TPSA) is 98.8 Å². The van der Waals surface area contributed by atoms with Crippen LogP contribution in [0.2, 0.25) is 0 Å². The van der Waals surface area contributed by atoms with Gasteiger partial charge < -0.3 is 5.32 Å². The molecular formula is C20H18N6O2. The standard InChI is InChI=1S/C20H18N6O2/c1-14-5-6-17-18(11-14)25(13-23-17)19-8-10-22-20(24-19)21-9-7-15-3-2-4-16(12-15)26(27)28/h2-6,8,10-13H,7,9H2,1H3,(H,21,22,24). The van der Waals surface area contributed by atoms with Crippen LogP contribution in [-0.2, 0) is 6.42 Å². The lowest BCUT2D eigenvalue weighted by Crippen LogP contribution is -2.09. The molecule has 28 heavy (non-hydrogen) atoms. The molecule has 0 amide bonds. The molecule has 140 valence electrons. The first-order valence-corrected chi connectivity index (χ1v) is 8.84. The molecule has 0 unspecified atom stereocenters. The summed E-state index contributed by atoms with van der Waals surface area (Å²) in [5, 5.41) is 14.1. The maximum Gasteiger partial charge on any atom is 0.269 e. The average molecular weight is 374 g/mol. The van der Waals surface area contributed by atoms with Gasteiger partial charge in [0.25, 0.3) is 5.69 Å². The Labute approximate surface area is 161 Å². The van der Waals surface area contributed by atoms with E-state index in [1.54, 1.807) is 24.7 Å². The number of nitro groups is 1. The zero-order valence-electron chi connectivity index (χ0n) is 15.2. The fourth-order valence-electron chi connectivity index (χ4n) is 3.01. The largest absolute Gasteiger partial charge is 0.354 e. The van der Waals surface area contributed by atoms with E-state index in [-0.39, 0.29) is 10.6 Å². The lowest BCUT2D eigenvalue weighted by Gasteiger charge is -2.08. The number of fused-ring (bicyclic) bond motifs is 1. The molecule has 0 atom stereocenters. The Kier molecular flexibility index (Phi) is 4.67. The summed E-state index contributed by atoms with van der Waals surface area (Å²) in [6.45, 7) is 2.60. The number of aryl methyl sites for hydroxylation is 1. The van der Waals surface area contributed by atoms with Gasteiger partial charge in [-0.2, -0.15) is 4.98 Å². The molecule has 2 aromatic carbocycles. The van der Waals surface area contributed by atoms with Crippen molar-refractivity contribution in [3.8, 4) is 5.82 Å². The Hall–Kier alpha value is -3.81. The van der Waals surface area contributed by atoms with Crippen molar-refractivity contribution in [2.75, 3.05) is 11.9 Å². The predicted octanol–water partition coefficient (Wildman–Crippen LogP) is 3.69. The van der Waals surface area contributed by atoms with Crippen molar-refractivity contribution in [2.45, 2.75) is 13.3 Å². The molecule has 0 aliphatic heterocycles. The second-order valence-electron chi connectivity index (χ2n) is 6.45. The van der Waals surface area contributed by atoms with Crippen molar-refractivity contribution in [3.63, 3.8) is 0 Å². The van der Waals surface area contributed by atoms with Gasteiger partial charge in [0.2, 0.25) is 5.95 Å². The van der Waals surface area contributed by atoms with Crippen LogP contribution in [0.5, 0.6) is 0 Å². The molecule has 8 heteroatoms. The Balaban J connectivity index is 1.49. The van der Waals surface area contributed by atoms with E-state index in [0.29, 0.717) is 18.9 Å². The van der Waals surface area contributed by atoms with E-state index in [2.05, 4.69) is 26.3 Å². The zero-order chi connectivity index (χ0) is 19.5. The Bertz CT molecular complexity index is 1150. The Morgan fingerprint density at radius 2 is 2.04 bits per heavy atom. The van der Waals surface area contributed by atoms with Crippen LogP contribution in [0, 0.1) is 17.0 Å². The maximum absolute atomic E-state index is 10.9. The smallest absolute Gasteiger partial charge is 0.269 e. The third-order valence-electron chi connectivity index (χ3n) is 4.41. The molecule has 4 aromatic rings.